The van der Waals surface area contributed by atoms with Crippen molar-refractivity contribution in [3.05, 3.63) is 23.8 Å². The van der Waals surface area contributed by atoms with E-state index in [1.807, 2.05) is 12.1 Å². The van der Waals surface area contributed by atoms with Gasteiger partial charge >= 0.3 is 0 Å². The second-order valence-corrected chi connectivity index (χ2v) is 2.59. The van der Waals surface area contributed by atoms with Crippen LogP contribution in [0.3, 0.4) is 0 Å². The van der Waals surface area contributed by atoms with Crippen molar-refractivity contribution in [3.63, 3.8) is 0 Å². The fourth-order valence-electron chi connectivity index (χ4n) is 1.02. The summed E-state index contributed by atoms with van der Waals surface area (Å²) in [4.78, 5) is 0. The maximum Gasteiger partial charge on any atom is 0.101 e. The summed E-state index contributed by atoms with van der Waals surface area (Å²) in [7, 11) is 0. The third-order valence-corrected chi connectivity index (χ3v) is 1.69. The zero-order chi connectivity index (χ0) is 9.68. The van der Waals surface area contributed by atoms with Gasteiger partial charge in [-0.1, -0.05) is 6.07 Å². The highest BCUT2D eigenvalue weighted by atomic mass is 14.9. The molecule has 0 aliphatic carbocycles. The first-order chi connectivity index (χ1) is 6.29. The minimum absolute atomic E-state index is 0.485. The standard InChI is InChI=1S/C9H12N4/c10-4-5-13-8-3-1-2-7(6-11)9(8)12/h1-3,13H,4-5,10,12H2. The third-order valence-electron chi connectivity index (χ3n) is 1.69. The Labute approximate surface area is 77.1 Å². The van der Waals surface area contributed by atoms with E-state index in [1.165, 1.54) is 0 Å². The molecule has 0 spiro atoms. The van der Waals surface area contributed by atoms with Crippen molar-refractivity contribution in [1.29, 1.82) is 5.26 Å². The highest BCUT2D eigenvalue weighted by molar-refractivity contribution is 5.72. The van der Waals surface area contributed by atoms with Crippen LogP contribution in [0.4, 0.5) is 11.4 Å². The number of anilines is 2. The largest absolute Gasteiger partial charge is 0.396 e. The molecule has 68 valence electrons. The van der Waals surface area contributed by atoms with Crippen molar-refractivity contribution in [2.45, 2.75) is 0 Å². The van der Waals surface area contributed by atoms with Crippen molar-refractivity contribution in [2.75, 3.05) is 24.1 Å². The van der Waals surface area contributed by atoms with Gasteiger partial charge in [0.25, 0.3) is 0 Å². The minimum atomic E-state index is 0.485. The lowest BCUT2D eigenvalue weighted by molar-refractivity contribution is 1.02. The number of hydrogen-bond acceptors (Lipinski definition) is 4. The highest BCUT2D eigenvalue weighted by Gasteiger charge is 2.02. The number of nitriles is 1. The maximum absolute atomic E-state index is 8.69. The van der Waals surface area contributed by atoms with Crippen LogP contribution in [0.25, 0.3) is 0 Å². The molecule has 0 aliphatic rings. The van der Waals surface area contributed by atoms with Gasteiger partial charge in [-0.2, -0.15) is 5.26 Å². The summed E-state index contributed by atoms with van der Waals surface area (Å²) in [5.74, 6) is 0. The number of rotatable bonds is 3. The number of nitrogen functional groups attached to an aromatic ring is 1. The highest BCUT2D eigenvalue weighted by Crippen LogP contribution is 2.21. The molecule has 1 aromatic rings. The van der Waals surface area contributed by atoms with Gasteiger partial charge in [-0.3, -0.25) is 0 Å². The van der Waals surface area contributed by atoms with Crippen molar-refractivity contribution < 1.29 is 0 Å². The van der Waals surface area contributed by atoms with E-state index in [0.717, 1.165) is 5.69 Å². The van der Waals surface area contributed by atoms with E-state index in [2.05, 4.69) is 5.32 Å². The first kappa shape index (κ1) is 9.36. The van der Waals surface area contributed by atoms with Crippen LogP contribution in [-0.2, 0) is 0 Å². The van der Waals surface area contributed by atoms with Crippen molar-refractivity contribution in [2.24, 2.45) is 5.73 Å². The molecular weight excluding hydrogens is 164 g/mol. The van der Waals surface area contributed by atoms with Crippen LogP contribution in [0, 0.1) is 11.3 Å². The van der Waals surface area contributed by atoms with Gasteiger partial charge in [-0.25, -0.2) is 0 Å². The topological polar surface area (TPSA) is 87.9 Å². The molecule has 0 fully saturated rings. The molecule has 0 radical (unpaired) electrons. The Balaban J connectivity index is 2.90. The lowest BCUT2D eigenvalue weighted by Crippen LogP contribution is -2.14. The number of para-hydroxylation sites is 1. The number of nitrogens with one attached hydrogen (secondary N) is 1. The smallest absolute Gasteiger partial charge is 0.101 e. The van der Waals surface area contributed by atoms with E-state index < -0.39 is 0 Å². The Kier molecular flexibility index (Phi) is 3.12. The van der Waals surface area contributed by atoms with Crippen LogP contribution in [-0.4, -0.2) is 13.1 Å². The summed E-state index contributed by atoms with van der Waals surface area (Å²) >= 11 is 0. The molecule has 0 heterocycles. The second kappa shape index (κ2) is 4.33. The SMILES string of the molecule is N#Cc1cccc(NCCN)c1N. The average molecular weight is 176 g/mol. The number of hydrogen-bond donors (Lipinski definition) is 3. The molecular formula is C9H12N4. The van der Waals surface area contributed by atoms with Gasteiger partial charge in [-0.15, -0.1) is 0 Å². The molecule has 0 aromatic heterocycles. The quantitative estimate of drug-likeness (QED) is 0.585. The molecule has 0 atom stereocenters. The van der Waals surface area contributed by atoms with Gasteiger partial charge in [0.05, 0.1) is 16.9 Å². The first-order valence-electron chi connectivity index (χ1n) is 4.02. The Morgan fingerprint density at radius 2 is 2.23 bits per heavy atom. The molecule has 13 heavy (non-hydrogen) atoms. The van der Waals surface area contributed by atoms with Crippen LogP contribution in [0.2, 0.25) is 0 Å². The van der Waals surface area contributed by atoms with E-state index in [-0.39, 0.29) is 0 Å². The summed E-state index contributed by atoms with van der Waals surface area (Å²) in [6.45, 7) is 1.19. The monoisotopic (exact) mass is 176 g/mol. The number of nitrogens with two attached hydrogens (primary N) is 2. The van der Waals surface area contributed by atoms with Gasteiger partial charge in [-0.05, 0) is 12.1 Å². The Hall–Kier alpha value is -1.73. The molecule has 4 nitrogen and oxygen atoms in total. The van der Waals surface area contributed by atoms with Crippen molar-refractivity contribution in [1.82, 2.24) is 0 Å². The van der Waals surface area contributed by atoms with Crippen molar-refractivity contribution >= 4 is 11.4 Å². The predicted octanol–water partition coefficient (Wildman–Crippen LogP) is 0.511. The predicted molar refractivity (Wildman–Crippen MR) is 53.1 cm³/mol. The van der Waals surface area contributed by atoms with E-state index >= 15 is 0 Å². The van der Waals surface area contributed by atoms with E-state index in [9.17, 15) is 0 Å². The lowest BCUT2D eigenvalue weighted by atomic mass is 10.1. The molecule has 0 saturated heterocycles. The van der Waals surface area contributed by atoms with E-state index in [4.69, 9.17) is 16.7 Å². The lowest BCUT2D eigenvalue weighted by Gasteiger charge is -2.08. The van der Waals surface area contributed by atoms with Gasteiger partial charge < -0.3 is 16.8 Å². The number of nitrogens with zero attached hydrogens (tertiary/aromatic N) is 1. The molecule has 1 rings (SSSR count). The maximum atomic E-state index is 8.69. The number of benzene rings is 1. The molecule has 0 amide bonds. The summed E-state index contributed by atoms with van der Waals surface area (Å²) in [5, 5.41) is 11.7. The Morgan fingerprint density at radius 3 is 2.85 bits per heavy atom. The normalized spacial score (nSPS) is 9.23. The summed E-state index contributed by atoms with van der Waals surface area (Å²) in [6.07, 6.45) is 0. The molecule has 0 bridgehead atoms. The van der Waals surface area contributed by atoms with Crippen LogP contribution >= 0.6 is 0 Å². The zero-order valence-corrected chi connectivity index (χ0v) is 7.25. The Bertz CT molecular complexity index is 327. The van der Waals surface area contributed by atoms with E-state index in [0.29, 0.717) is 24.3 Å². The molecule has 4 heteroatoms. The Morgan fingerprint density at radius 1 is 1.46 bits per heavy atom. The van der Waals surface area contributed by atoms with Gasteiger partial charge in [0.2, 0.25) is 0 Å². The second-order valence-electron chi connectivity index (χ2n) is 2.59. The summed E-state index contributed by atoms with van der Waals surface area (Å²) in [5.41, 5.74) is 12.8. The zero-order valence-electron chi connectivity index (χ0n) is 7.25. The van der Waals surface area contributed by atoms with Crippen LogP contribution < -0.4 is 16.8 Å². The molecule has 0 unspecified atom stereocenters. The molecule has 1 aromatic carbocycles. The van der Waals surface area contributed by atoms with Crippen LogP contribution in [0.5, 0.6) is 0 Å². The summed E-state index contributed by atoms with van der Waals surface area (Å²) in [6, 6.07) is 7.31. The van der Waals surface area contributed by atoms with Crippen LogP contribution in [0.15, 0.2) is 18.2 Å². The van der Waals surface area contributed by atoms with Gasteiger partial charge in [0.15, 0.2) is 0 Å². The van der Waals surface area contributed by atoms with Crippen LogP contribution in [0.1, 0.15) is 5.56 Å². The van der Waals surface area contributed by atoms with Gasteiger partial charge in [0.1, 0.15) is 6.07 Å². The molecule has 0 saturated carbocycles. The van der Waals surface area contributed by atoms with Gasteiger partial charge in [0, 0.05) is 13.1 Å². The third kappa shape index (κ3) is 2.10. The van der Waals surface area contributed by atoms with E-state index in [1.54, 1.807) is 12.1 Å². The fourth-order valence-corrected chi connectivity index (χ4v) is 1.02. The molecule has 0 aliphatic heterocycles. The molecule has 5 N–H and O–H groups in total. The first-order valence-corrected chi connectivity index (χ1v) is 4.02. The fraction of sp³-hybridized carbons (Fsp3) is 0.222. The minimum Gasteiger partial charge on any atom is -0.396 e. The van der Waals surface area contributed by atoms with Crippen molar-refractivity contribution in [3.8, 4) is 6.07 Å². The summed E-state index contributed by atoms with van der Waals surface area (Å²) < 4.78 is 0. The average Bonchev–Trinajstić information content (AvgIpc) is 2.16.